The average molecular weight is 306 g/mol. The third-order valence-corrected chi connectivity index (χ3v) is 3.79. The Morgan fingerprint density at radius 3 is 2.77 bits per heavy atom. The van der Waals surface area contributed by atoms with Crippen LogP contribution in [0.15, 0.2) is 17.2 Å². The van der Waals surface area contributed by atoms with E-state index in [1.54, 1.807) is 11.8 Å². The van der Waals surface area contributed by atoms with Crippen molar-refractivity contribution in [3.8, 4) is 0 Å². The summed E-state index contributed by atoms with van der Waals surface area (Å²) in [5.41, 5.74) is 0. The molecule has 1 aromatic rings. The van der Waals surface area contributed by atoms with Crippen molar-refractivity contribution in [3.63, 3.8) is 0 Å². The first kappa shape index (κ1) is 16.2. The monoisotopic (exact) mass is 306 g/mol. The van der Waals surface area contributed by atoms with E-state index >= 15 is 0 Å². The summed E-state index contributed by atoms with van der Waals surface area (Å²) in [5, 5.41) is 6.65. The van der Waals surface area contributed by atoms with Crippen molar-refractivity contribution in [2.45, 2.75) is 32.6 Å². The van der Waals surface area contributed by atoms with Crippen molar-refractivity contribution in [1.82, 2.24) is 20.4 Å². The number of hydrogen-bond donors (Lipinski definition) is 1. The zero-order valence-corrected chi connectivity index (χ0v) is 12.9. The Bertz CT molecular complexity index is 533. The molecular formula is C15H22N4O3. The van der Waals surface area contributed by atoms with Gasteiger partial charge in [-0.2, -0.15) is 4.98 Å². The van der Waals surface area contributed by atoms with Gasteiger partial charge in [-0.1, -0.05) is 11.7 Å². The van der Waals surface area contributed by atoms with Crippen LogP contribution >= 0.6 is 0 Å². The topological polar surface area (TPSA) is 88.3 Å². The number of likely N-dealkylation sites (tertiary alicyclic amines) is 1. The van der Waals surface area contributed by atoms with E-state index in [1.165, 1.54) is 6.08 Å². The van der Waals surface area contributed by atoms with Gasteiger partial charge in [-0.15, -0.1) is 0 Å². The van der Waals surface area contributed by atoms with E-state index < -0.39 is 0 Å². The minimum Gasteiger partial charge on any atom is -0.356 e. The zero-order valence-electron chi connectivity index (χ0n) is 12.9. The third-order valence-electron chi connectivity index (χ3n) is 3.79. The molecule has 1 N–H and O–H groups in total. The lowest BCUT2D eigenvalue weighted by Gasteiger charge is -2.30. The lowest BCUT2D eigenvalue weighted by atomic mass is 9.96. The lowest BCUT2D eigenvalue weighted by molar-refractivity contribution is -0.132. The van der Waals surface area contributed by atoms with Gasteiger partial charge in [-0.25, -0.2) is 0 Å². The molecule has 7 nitrogen and oxygen atoms in total. The highest BCUT2D eigenvalue weighted by Crippen LogP contribution is 2.17. The maximum Gasteiger partial charge on any atom is 0.245 e. The van der Waals surface area contributed by atoms with Crippen LogP contribution in [0.2, 0.25) is 0 Å². The van der Waals surface area contributed by atoms with Gasteiger partial charge < -0.3 is 14.7 Å². The van der Waals surface area contributed by atoms with Gasteiger partial charge in [0.05, 0.1) is 0 Å². The normalized spacial score (nSPS) is 15.6. The molecular weight excluding hydrogens is 284 g/mol. The number of amides is 2. The van der Waals surface area contributed by atoms with Crippen molar-refractivity contribution in [2.75, 3.05) is 19.6 Å². The minimum absolute atomic E-state index is 0.0143. The van der Waals surface area contributed by atoms with Gasteiger partial charge in [0.15, 0.2) is 5.82 Å². The number of aryl methyl sites for hydroxylation is 2. The quantitative estimate of drug-likeness (QED) is 0.622. The van der Waals surface area contributed by atoms with Crippen molar-refractivity contribution >= 4 is 11.8 Å². The highest BCUT2D eigenvalue weighted by Gasteiger charge is 2.26. The van der Waals surface area contributed by atoms with E-state index in [0.29, 0.717) is 50.6 Å². The molecule has 7 heteroatoms. The van der Waals surface area contributed by atoms with Crippen LogP contribution in [-0.4, -0.2) is 46.5 Å². The van der Waals surface area contributed by atoms with Gasteiger partial charge >= 0.3 is 0 Å². The van der Waals surface area contributed by atoms with Crippen molar-refractivity contribution in [3.05, 3.63) is 24.4 Å². The Hall–Kier alpha value is -2.18. The standard InChI is InChI=1S/C15H22N4O3/c1-3-14(20)19-9-6-12(7-10-19)15(21)16-8-4-5-13-17-11(2)18-22-13/h3,12H,1,4-10H2,2H3,(H,16,21). The highest BCUT2D eigenvalue weighted by molar-refractivity contribution is 5.87. The maximum atomic E-state index is 12.1. The Morgan fingerprint density at radius 1 is 1.45 bits per heavy atom. The van der Waals surface area contributed by atoms with Crippen molar-refractivity contribution < 1.29 is 14.1 Å². The molecule has 1 aliphatic heterocycles. The molecule has 0 aromatic carbocycles. The van der Waals surface area contributed by atoms with E-state index in [1.807, 2.05) is 0 Å². The molecule has 0 radical (unpaired) electrons. The Balaban J connectivity index is 1.64. The molecule has 0 atom stereocenters. The smallest absolute Gasteiger partial charge is 0.245 e. The second kappa shape index (κ2) is 7.72. The van der Waals surface area contributed by atoms with Crippen molar-refractivity contribution in [2.24, 2.45) is 5.92 Å². The maximum absolute atomic E-state index is 12.1. The average Bonchev–Trinajstić information content (AvgIpc) is 2.96. The predicted molar refractivity (Wildman–Crippen MR) is 79.9 cm³/mol. The van der Waals surface area contributed by atoms with Gasteiger partial charge in [0.2, 0.25) is 17.7 Å². The van der Waals surface area contributed by atoms with Crippen LogP contribution in [0.5, 0.6) is 0 Å². The van der Waals surface area contributed by atoms with Gasteiger partial charge in [-0.05, 0) is 32.3 Å². The first-order valence-electron chi connectivity index (χ1n) is 7.58. The SMILES string of the molecule is C=CC(=O)N1CCC(C(=O)NCCCc2nc(C)no2)CC1. The predicted octanol–water partition coefficient (Wildman–Crippen LogP) is 0.851. The molecule has 1 fully saturated rings. The van der Waals surface area contributed by atoms with Crippen LogP contribution in [0.4, 0.5) is 0 Å². The molecule has 0 unspecified atom stereocenters. The zero-order chi connectivity index (χ0) is 15.9. The molecule has 0 saturated carbocycles. The third kappa shape index (κ3) is 4.41. The number of piperidine rings is 1. The summed E-state index contributed by atoms with van der Waals surface area (Å²) in [5.74, 6) is 1.21. The van der Waals surface area contributed by atoms with Gasteiger partial charge in [0.1, 0.15) is 0 Å². The Kier molecular flexibility index (Phi) is 5.68. The van der Waals surface area contributed by atoms with Crippen LogP contribution in [0.3, 0.4) is 0 Å². The lowest BCUT2D eigenvalue weighted by Crippen LogP contribution is -2.42. The molecule has 0 spiro atoms. The van der Waals surface area contributed by atoms with E-state index in [2.05, 4.69) is 22.0 Å². The van der Waals surface area contributed by atoms with Crippen LogP contribution in [0.1, 0.15) is 31.0 Å². The summed E-state index contributed by atoms with van der Waals surface area (Å²) in [6, 6.07) is 0. The summed E-state index contributed by atoms with van der Waals surface area (Å²) >= 11 is 0. The molecule has 0 aliphatic carbocycles. The van der Waals surface area contributed by atoms with Crippen LogP contribution < -0.4 is 5.32 Å². The fourth-order valence-corrected chi connectivity index (χ4v) is 2.53. The number of hydrogen-bond acceptors (Lipinski definition) is 5. The molecule has 22 heavy (non-hydrogen) atoms. The molecule has 2 heterocycles. The molecule has 0 bridgehead atoms. The van der Waals surface area contributed by atoms with E-state index in [4.69, 9.17) is 4.52 Å². The summed E-state index contributed by atoms with van der Waals surface area (Å²) in [6.45, 7) is 7.07. The van der Waals surface area contributed by atoms with Crippen LogP contribution in [0.25, 0.3) is 0 Å². The number of nitrogens with one attached hydrogen (secondary N) is 1. The fraction of sp³-hybridized carbons (Fsp3) is 0.600. The number of carbonyl (C=O) groups excluding carboxylic acids is 2. The molecule has 1 aromatic heterocycles. The minimum atomic E-state index is -0.0614. The Morgan fingerprint density at radius 2 is 2.18 bits per heavy atom. The van der Waals surface area contributed by atoms with Crippen molar-refractivity contribution in [1.29, 1.82) is 0 Å². The first-order valence-corrected chi connectivity index (χ1v) is 7.58. The number of nitrogens with zero attached hydrogens (tertiary/aromatic N) is 3. The van der Waals surface area contributed by atoms with E-state index in [0.717, 1.165) is 6.42 Å². The second-order valence-corrected chi connectivity index (χ2v) is 5.43. The van der Waals surface area contributed by atoms with Crippen LogP contribution in [0, 0.1) is 12.8 Å². The summed E-state index contributed by atoms with van der Waals surface area (Å²) in [7, 11) is 0. The second-order valence-electron chi connectivity index (χ2n) is 5.43. The molecule has 1 saturated heterocycles. The fourth-order valence-electron chi connectivity index (χ4n) is 2.53. The van der Waals surface area contributed by atoms with Gasteiger partial charge in [0, 0.05) is 32.0 Å². The van der Waals surface area contributed by atoms with E-state index in [-0.39, 0.29) is 17.7 Å². The Labute approximate surface area is 129 Å². The number of carbonyl (C=O) groups is 2. The first-order chi connectivity index (χ1) is 10.6. The molecule has 1 aliphatic rings. The summed E-state index contributed by atoms with van der Waals surface area (Å²) < 4.78 is 5.01. The highest BCUT2D eigenvalue weighted by atomic mass is 16.5. The molecule has 2 rings (SSSR count). The summed E-state index contributed by atoms with van der Waals surface area (Å²) in [6.07, 6.45) is 4.15. The summed E-state index contributed by atoms with van der Waals surface area (Å²) in [4.78, 5) is 29.4. The van der Waals surface area contributed by atoms with Gasteiger partial charge in [0.25, 0.3) is 0 Å². The number of aromatic nitrogens is 2. The van der Waals surface area contributed by atoms with Gasteiger partial charge in [-0.3, -0.25) is 9.59 Å². The molecule has 2 amide bonds. The molecule has 120 valence electrons. The van der Waals surface area contributed by atoms with Crippen LogP contribution in [-0.2, 0) is 16.0 Å². The van der Waals surface area contributed by atoms with E-state index in [9.17, 15) is 9.59 Å². The number of rotatable bonds is 6. The largest absolute Gasteiger partial charge is 0.356 e.